The van der Waals surface area contributed by atoms with Gasteiger partial charge in [-0.1, -0.05) is 54.6 Å². The number of nitrogens with zero attached hydrogens (tertiary/aromatic N) is 3. The number of ether oxygens (including phenoxy) is 4. The Labute approximate surface area is 258 Å². The van der Waals surface area contributed by atoms with E-state index >= 15 is 0 Å². The van der Waals surface area contributed by atoms with Gasteiger partial charge in [-0.05, 0) is 52.3 Å². The molecule has 2 aromatic heterocycles. The summed E-state index contributed by atoms with van der Waals surface area (Å²) in [6.45, 7) is -0.339. The maximum atomic E-state index is 13.4. The Morgan fingerprint density at radius 3 is 1.91 bits per heavy atom. The summed E-state index contributed by atoms with van der Waals surface area (Å²) < 4.78 is 25.7. The van der Waals surface area contributed by atoms with Crippen LogP contribution >= 0.6 is 15.9 Å². The van der Waals surface area contributed by atoms with Crippen LogP contribution in [-0.4, -0.2) is 62.3 Å². The Kier molecular flexibility index (Phi) is 8.30. The van der Waals surface area contributed by atoms with Gasteiger partial charge in [-0.2, -0.15) is 0 Å². The number of benzene rings is 3. The normalized spacial score (nSPS) is 19.4. The second-order valence-electron chi connectivity index (χ2n) is 9.73. The number of aromatic nitrogens is 4. The zero-order valence-electron chi connectivity index (χ0n) is 22.8. The summed E-state index contributed by atoms with van der Waals surface area (Å²) in [5.74, 6) is -2.01. The Morgan fingerprint density at radius 2 is 1.34 bits per heavy atom. The SMILES string of the molecule is N=c1ncn([C@@H]2O[C@H](COC(=O)c3ccccc3)[C@@H](OC(=O)c3ccccc3)[C@H]2OC(=O)c2ccccc2)c2nc(Br)[nH]c12. The zero-order chi connectivity index (χ0) is 30.6. The predicted octanol–water partition coefficient (Wildman–Crippen LogP) is 4.21. The number of carbonyl (C=O) groups is 3. The lowest BCUT2D eigenvalue weighted by atomic mass is 10.1. The van der Waals surface area contributed by atoms with E-state index in [1.165, 1.54) is 10.9 Å². The van der Waals surface area contributed by atoms with Crippen molar-refractivity contribution in [3.05, 3.63) is 124 Å². The molecule has 1 aliphatic rings. The van der Waals surface area contributed by atoms with Crippen LogP contribution in [-0.2, 0) is 18.9 Å². The van der Waals surface area contributed by atoms with E-state index in [2.05, 4.69) is 30.9 Å². The number of H-pyrrole nitrogens is 1. The molecule has 12 nitrogen and oxygen atoms in total. The summed E-state index contributed by atoms with van der Waals surface area (Å²) in [4.78, 5) is 51.0. The first kappa shape index (κ1) is 29.0. The molecule has 3 aromatic carbocycles. The van der Waals surface area contributed by atoms with Gasteiger partial charge in [0.2, 0.25) is 0 Å². The van der Waals surface area contributed by atoms with Gasteiger partial charge in [-0.15, -0.1) is 0 Å². The van der Waals surface area contributed by atoms with Crippen molar-refractivity contribution in [1.29, 1.82) is 5.41 Å². The maximum Gasteiger partial charge on any atom is 0.338 e. The highest BCUT2D eigenvalue weighted by atomic mass is 79.9. The lowest BCUT2D eigenvalue weighted by molar-refractivity contribution is -0.0610. The number of imidazole rings is 1. The average Bonchev–Trinajstić information content (AvgIpc) is 3.61. The molecule has 1 aliphatic heterocycles. The van der Waals surface area contributed by atoms with Gasteiger partial charge < -0.3 is 23.9 Å². The fourth-order valence-electron chi connectivity index (χ4n) is 4.79. The molecule has 44 heavy (non-hydrogen) atoms. The van der Waals surface area contributed by atoms with Crippen LogP contribution < -0.4 is 5.49 Å². The van der Waals surface area contributed by atoms with Crippen LogP contribution in [0.15, 0.2) is 102 Å². The van der Waals surface area contributed by atoms with Gasteiger partial charge >= 0.3 is 17.9 Å². The lowest BCUT2D eigenvalue weighted by Gasteiger charge is -2.25. The standard InChI is InChI=1S/C31H24BrN5O7/c32-31-35-22-25(33)34-17-37(26(22)36-31)27-24(44-30(40)20-14-8-3-9-15-20)23(43-29(39)19-12-6-2-7-13-19)21(42-27)16-41-28(38)18-10-4-1-5-11-18/h1-15,17,21,23-24,27,33H,16H2,(H,35,36)/t21-,23-,24-,27-/m1/s1. The highest BCUT2D eigenvalue weighted by Gasteiger charge is 2.51. The number of fused-ring (bicyclic) bond motifs is 1. The van der Waals surface area contributed by atoms with Crippen LogP contribution in [0.5, 0.6) is 0 Å². The third-order valence-electron chi connectivity index (χ3n) is 6.90. The monoisotopic (exact) mass is 657 g/mol. The molecule has 3 heterocycles. The quantitative estimate of drug-likeness (QED) is 0.142. The Morgan fingerprint density at radius 1 is 0.818 bits per heavy atom. The highest BCUT2D eigenvalue weighted by molar-refractivity contribution is 9.10. The van der Waals surface area contributed by atoms with Gasteiger partial charge in [0, 0.05) is 0 Å². The summed E-state index contributed by atoms with van der Waals surface area (Å²) in [5, 5.41) is 8.21. The number of aromatic amines is 1. The highest BCUT2D eigenvalue weighted by Crippen LogP contribution is 2.36. The molecule has 0 amide bonds. The van der Waals surface area contributed by atoms with Crippen LogP contribution in [0.1, 0.15) is 37.3 Å². The Bertz CT molecular complexity index is 1860. The first-order valence-corrected chi connectivity index (χ1v) is 14.2. The molecule has 13 heteroatoms. The minimum Gasteiger partial charge on any atom is -0.459 e. The first-order chi connectivity index (χ1) is 21.4. The second kappa shape index (κ2) is 12.6. The molecule has 1 fully saturated rings. The summed E-state index contributed by atoms with van der Waals surface area (Å²) in [6.07, 6.45) is -3.39. The molecule has 6 rings (SSSR count). The van der Waals surface area contributed by atoms with E-state index < -0.39 is 42.4 Å². The fourth-order valence-corrected chi connectivity index (χ4v) is 5.16. The molecule has 4 atom stereocenters. The minimum absolute atomic E-state index is 0.0781. The number of nitrogens with one attached hydrogen (secondary N) is 2. The molecule has 0 aliphatic carbocycles. The van der Waals surface area contributed by atoms with E-state index in [-0.39, 0.29) is 34.4 Å². The van der Waals surface area contributed by atoms with Crippen LogP contribution in [0.25, 0.3) is 11.2 Å². The van der Waals surface area contributed by atoms with Crippen LogP contribution in [0.3, 0.4) is 0 Å². The third-order valence-corrected chi connectivity index (χ3v) is 7.28. The van der Waals surface area contributed by atoms with Crippen LogP contribution in [0.2, 0.25) is 0 Å². The number of halogens is 1. The van der Waals surface area contributed by atoms with E-state index in [9.17, 15) is 14.4 Å². The summed E-state index contributed by atoms with van der Waals surface area (Å²) in [6, 6.07) is 25.0. The maximum absolute atomic E-state index is 13.4. The smallest absolute Gasteiger partial charge is 0.338 e. The molecule has 1 saturated heterocycles. The van der Waals surface area contributed by atoms with Gasteiger partial charge in [0.15, 0.2) is 34.3 Å². The number of carbonyl (C=O) groups excluding carboxylic acids is 3. The molecule has 0 bridgehead atoms. The summed E-state index contributed by atoms with van der Waals surface area (Å²) in [5.41, 5.74) is 1.31. The van der Waals surface area contributed by atoms with Gasteiger partial charge in [-0.3, -0.25) is 9.98 Å². The van der Waals surface area contributed by atoms with E-state index in [1.54, 1.807) is 91.0 Å². The van der Waals surface area contributed by atoms with Crippen molar-refractivity contribution in [2.45, 2.75) is 24.5 Å². The van der Waals surface area contributed by atoms with Crippen LogP contribution in [0.4, 0.5) is 0 Å². The molecular formula is C31H24BrN5O7. The lowest BCUT2D eigenvalue weighted by Crippen LogP contribution is -2.41. The zero-order valence-corrected chi connectivity index (χ0v) is 24.4. The van der Waals surface area contributed by atoms with Crippen LogP contribution in [0, 0.1) is 5.41 Å². The topological polar surface area (TPSA) is 158 Å². The summed E-state index contributed by atoms with van der Waals surface area (Å²) >= 11 is 3.29. The van der Waals surface area contributed by atoms with E-state index in [0.29, 0.717) is 10.3 Å². The van der Waals surface area contributed by atoms with Crippen molar-refractivity contribution < 1.29 is 33.3 Å². The van der Waals surface area contributed by atoms with Crippen molar-refractivity contribution in [2.24, 2.45) is 0 Å². The molecule has 5 aromatic rings. The molecule has 0 unspecified atom stereocenters. The molecule has 0 saturated carbocycles. The number of hydrogen-bond acceptors (Lipinski definition) is 10. The molecule has 2 N–H and O–H groups in total. The van der Waals surface area contributed by atoms with E-state index in [0.717, 1.165) is 0 Å². The van der Waals surface area contributed by atoms with Crippen molar-refractivity contribution in [3.63, 3.8) is 0 Å². The molecule has 0 radical (unpaired) electrons. The Hall–Kier alpha value is -5.14. The number of hydrogen-bond donors (Lipinski definition) is 2. The van der Waals surface area contributed by atoms with Crippen molar-refractivity contribution in [1.82, 2.24) is 19.5 Å². The van der Waals surface area contributed by atoms with E-state index in [1.807, 2.05) is 0 Å². The fraction of sp³-hybridized carbons (Fsp3) is 0.161. The summed E-state index contributed by atoms with van der Waals surface area (Å²) in [7, 11) is 0. The van der Waals surface area contributed by atoms with E-state index in [4.69, 9.17) is 24.4 Å². The minimum atomic E-state index is -1.25. The van der Waals surface area contributed by atoms with Crippen molar-refractivity contribution in [3.8, 4) is 0 Å². The predicted molar refractivity (Wildman–Crippen MR) is 157 cm³/mol. The number of esters is 3. The first-order valence-electron chi connectivity index (χ1n) is 13.5. The second-order valence-corrected chi connectivity index (χ2v) is 10.5. The van der Waals surface area contributed by atoms with Gasteiger partial charge in [-0.25, -0.2) is 24.4 Å². The van der Waals surface area contributed by atoms with Gasteiger partial charge in [0.25, 0.3) is 0 Å². The van der Waals surface area contributed by atoms with Gasteiger partial charge in [0.1, 0.15) is 24.6 Å². The average molecular weight is 658 g/mol. The van der Waals surface area contributed by atoms with Crippen molar-refractivity contribution in [2.75, 3.05) is 6.61 Å². The Balaban J connectivity index is 1.39. The van der Waals surface area contributed by atoms with Crippen molar-refractivity contribution >= 4 is 45.0 Å². The third kappa shape index (κ3) is 6.00. The largest absolute Gasteiger partial charge is 0.459 e. The molecule has 0 spiro atoms. The number of rotatable bonds is 8. The van der Waals surface area contributed by atoms with Gasteiger partial charge in [0.05, 0.1) is 16.7 Å². The molecule has 222 valence electrons. The molecular weight excluding hydrogens is 634 g/mol.